The van der Waals surface area contributed by atoms with E-state index in [9.17, 15) is 4.79 Å². The first-order valence-electron chi connectivity index (χ1n) is 8.03. The Hall–Kier alpha value is -0.410. The highest BCUT2D eigenvalue weighted by Crippen LogP contribution is 2.45. The van der Waals surface area contributed by atoms with Gasteiger partial charge in [0.25, 0.3) is 0 Å². The number of nitrogens with one attached hydrogen (secondary N) is 1. The van der Waals surface area contributed by atoms with E-state index in [2.05, 4.69) is 17.1 Å². The van der Waals surface area contributed by atoms with E-state index in [0.29, 0.717) is 11.3 Å². The minimum atomic E-state index is 0.250. The number of carbonyl (C=O) groups is 1. The standard InChI is InChI=1S/C16H30N2O/c1-3-14(11-19)8-15(9-17-2)10-18-12-16(13-18)6-4-5-7-16/h11,14-15,17H,3-10,12-13H2,1-2H3. The highest BCUT2D eigenvalue weighted by atomic mass is 16.1. The van der Waals surface area contributed by atoms with Crippen LogP contribution in [0, 0.1) is 17.3 Å². The van der Waals surface area contributed by atoms with Gasteiger partial charge in [-0.05, 0) is 50.6 Å². The largest absolute Gasteiger partial charge is 0.319 e. The molecule has 2 unspecified atom stereocenters. The van der Waals surface area contributed by atoms with Crippen LogP contribution in [0.25, 0.3) is 0 Å². The minimum absolute atomic E-state index is 0.250. The van der Waals surface area contributed by atoms with Crippen LogP contribution in [0.1, 0.15) is 45.4 Å². The molecule has 2 rings (SSSR count). The Kier molecular flexibility index (Phi) is 5.40. The Labute approximate surface area is 118 Å². The number of rotatable bonds is 8. The molecular formula is C16H30N2O. The van der Waals surface area contributed by atoms with Crippen molar-refractivity contribution in [2.24, 2.45) is 17.3 Å². The molecule has 0 aromatic heterocycles. The van der Waals surface area contributed by atoms with Crippen LogP contribution in [-0.4, -0.2) is 44.4 Å². The number of hydrogen-bond acceptors (Lipinski definition) is 3. The summed E-state index contributed by atoms with van der Waals surface area (Å²) < 4.78 is 0. The van der Waals surface area contributed by atoms with Crippen LogP contribution in [0.4, 0.5) is 0 Å². The van der Waals surface area contributed by atoms with Crippen molar-refractivity contribution >= 4 is 6.29 Å². The van der Waals surface area contributed by atoms with Crippen LogP contribution in [0.3, 0.4) is 0 Å². The Bertz CT molecular complexity index is 278. The van der Waals surface area contributed by atoms with Gasteiger partial charge in [0.2, 0.25) is 0 Å². The molecule has 0 bridgehead atoms. The first kappa shape index (κ1) is 15.0. The molecule has 1 heterocycles. The third-order valence-electron chi connectivity index (χ3n) is 5.14. The maximum absolute atomic E-state index is 11.0. The average Bonchev–Trinajstić information content (AvgIpc) is 2.85. The van der Waals surface area contributed by atoms with Gasteiger partial charge in [-0.2, -0.15) is 0 Å². The van der Waals surface area contributed by atoms with Crippen molar-refractivity contribution in [1.82, 2.24) is 10.2 Å². The van der Waals surface area contributed by atoms with Crippen LogP contribution in [0.2, 0.25) is 0 Å². The Morgan fingerprint density at radius 1 is 1.32 bits per heavy atom. The van der Waals surface area contributed by atoms with E-state index >= 15 is 0 Å². The van der Waals surface area contributed by atoms with Gasteiger partial charge in [0.1, 0.15) is 6.29 Å². The summed E-state index contributed by atoms with van der Waals surface area (Å²) in [5, 5.41) is 3.29. The van der Waals surface area contributed by atoms with Crippen molar-refractivity contribution in [2.75, 3.05) is 33.2 Å². The number of aldehydes is 1. The number of nitrogens with zero attached hydrogens (tertiary/aromatic N) is 1. The van der Waals surface area contributed by atoms with Gasteiger partial charge < -0.3 is 15.0 Å². The summed E-state index contributed by atoms with van der Waals surface area (Å²) in [6.07, 6.45) is 8.96. The van der Waals surface area contributed by atoms with Gasteiger partial charge in [-0.1, -0.05) is 19.8 Å². The maximum atomic E-state index is 11.0. The molecular weight excluding hydrogens is 236 g/mol. The zero-order chi connectivity index (χ0) is 13.7. The topological polar surface area (TPSA) is 32.3 Å². The van der Waals surface area contributed by atoms with Crippen LogP contribution in [0.15, 0.2) is 0 Å². The zero-order valence-electron chi connectivity index (χ0n) is 12.7. The summed E-state index contributed by atoms with van der Waals surface area (Å²) in [6, 6.07) is 0. The molecule has 1 aliphatic heterocycles. The van der Waals surface area contributed by atoms with Crippen molar-refractivity contribution in [2.45, 2.75) is 45.4 Å². The summed E-state index contributed by atoms with van der Waals surface area (Å²) in [5.41, 5.74) is 0.693. The van der Waals surface area contributed by atoms with Crippen molar-refractivity contribution in [3.05, 3.63) is 0 Å². The predicted octanol–water partition coefficient (Wildman–Crippen LogP) is 2.31. The second-order valence-corrected chi connectivity index (χ2v) is 6.84. The van der Waals surface area contributed by atoms with Gasteiger partial charge in [-0.3, -0.25) is 0 Å². The number of likely N-dealkylation sites (tertiary alicyclic amines) is 1. The molecule has 0 aromatic rings. The van der Waals surface area contributed by atoms with E-state index in [-0.39, 0.29) is 5.92 Å². The highest BCUT2D eigenvalue weighted by molar-refractivity contribution is 5.53. The second kappa shape index (κ2) is 6.85. The first-order valence-corrected chi connectivity index (χ1v) is 8.03. The van der Waals surface area contributed by atoms with Gasteiger partial charge in [0.05, 0.1) is 0 Å². The molecule has 1 N–H and O–H groups in total. The van der Waals surface area contributed by atoms with Crippen molar-refractivity contribution in [3.8, 4) is 0 Å². The van der Waals surface area contributed by atoms with E-state index in [4.69, 9.17) is 0 Å². The van der Waals surface area contributed by atoms with Gasteiger partial charge in [0.15, 0.2) is 0 Å². The van der Waals surface area contributed by atoms with Crippen LogP contribution < -0.4 is 5.32 Å². The lowest BCUT2D eigenvalue weighted by molar-refractivity contribution is -0.111. The van der Waals surface area contributed by atoms with Crippen molar-refractivity contribution in [3.63, 3.8) is 0 Å². The van der Waals surface area contributed by atoms with E-state index in [0.717, 1.165) is 25.7 Å². The SMILES string of the molecule is CCC(C=O)CC(CNC)CN1CC2(CCCC2)C1. The second-order valence-electron chi connectivity index (χ2n) is 6.84. The molecule has 1 saturated heterocycles. The minimum Gasteiger partial charge on any atom is -0.319 e. The molecule has 3 nitrogen and oxygen atoms in total. The molecule has 1 aliphatic carbocycles. The molecule has 0 radical (unpaired) electrons. The quantitative estimate of drug-likeness (QED) is 0.684. The van der Waals surface area contributed by atoms with Crippen LogP contribution >= 0.6 is 0 Å². The Morgan fingerprint density at radius 2 is 2.00 bits per heavy atom. The van der Waals surface area contributed by atoms with E-state index in [1.807, 2.05) is 7.05 Å². The van der Waals surface area contributed by atoms with Gasteiger partial charge in [-0.25, -0.2) is 0 Å². The first-order chi connectivity index (χ1) is 9.21. The lowest BCUT2D eigenvalue weighted by atomic mass is 9.77. The lowest BCUT2D eigenvalue weighted by Crippen LogP contribution is -2.56. The molecule has 110 valence electrons. The fraction of sp³-hybridized carbons (Fsp3) is 0.938. The number of hydrogen-bond donors (Lipinski definition) is 1. The third kappa shape index (κ3) is 3.79. The van der Waals surface area contributed by atoms with Gasteiger partial charge >= 0.3 is 0 Å². The molecule has 19 heavy (non-hydrogen) atoms. The normalized spacial score (nSPS) is 25.2. The molecule has 2 atom stereocenters. The summed E-state index contributed by atoms with van der Waals surface area (Å²) >= 11 is 0. The molecule has 0 aromatic carbocycles. The average molecular weight is 266 g/mol. The number of carbonyl (C=O) groups excluding carboxylic acids is 1. The fourth-order valence-corrected chi connectivity index (χ4v) is 4.10. The monoisotopic (exact) mass is 266 g/mol. The van der Waals surface area contributed by atoms with E-state index < -0.39 is 0 Å². The van der Waals surface area contributed by atoms with Gasteiger partial charge in [-0.15, -0.1) is 0 Å². The third-order valence-corrected chi connectivity index (χ3v) is 5.14. The summed E-state index contributed by atoms with van der Waals surface area (Å²) in [5.74, 6) is 0.874. The Balaban J connectivity index is 1.76. The maximum Gasteiger partial charge on any atom is 0.123 e. The summed E-state index contributed by atoms with van der Waals surface area (Å²) in [7, 11) is 2.02. The Morgan fingerprint density at radius 3 is 2.53 bits per heavy atom. The van der Waals surface area contributed by atoms with Gasteiger partial charge in [0, 0.05) is 25.6 Å². The van der Waals surface area contributed by atoms with Crippen LogP contribution in [-0.2, 0) is 4.79 Å². The molecule has 3 heteroatoms. The molecule has 2 aliphatic rings. The highest BCUT2D eigenvalue weighted by Gasteiger charge is 2.44. The van der Waals surface area contributed by atoms with Crippen molar-refractivity contribution in [1.29, 1.82) is 0 Å². The molecule has 2 fully saturated rings. The summed E-state index contributed by atoms with van der Waals surface area (Å²) in [4.78, 5) is 13.6. The smallest absolute Gasteiger partial charge is 0.123 e. The van der Waals surface area contributed by atoms with E-state index in [1.165, 1.54) is 45.3 Å². The fourth-order valence-electron chi connectivity index (χ4n) is 4.10. The molecule has 0 amide bonds. The predicted molar refractivity (Wildman–Crippen MR) is 79.2 cm³/mol. The lowest BCUT2D eigenvalue weighted by Gasteiger charge is -2.49. The van der Waals surface area contributed by atoms with Crippen molar-refractivity contribution < 1.29 is 4.79 Å². The van der Waals surface area contributed by atoms with Crippen LogP contribution in [0.5, 0.6) is 0 Å². The van der Waals surface area contributed by atoms with E-state index in [1.54, 1.807) is 0 Å². The molecule has 1 spiro atoms. The zero-order valence-corrected chi connectivity index (χ0v) is 12.7. The molecule has 1 saturated carbocycles. The summed E-state index contributed by atoms with van der Waals surface area (Å²) in [6.45, 7) is 6.95.